The van der Waals surface area contributed by atoms with E-state index in [2.05, 4.69) is 36.6 Å². The van der Waals surface area contributed by atoms with Gasteiger partial charge in [0, 0.05) is 12.2 Å². The van der Waals surface area contributed by atoms with Gasteiger partial charge in [0.25, 0.3) is 0 Å². The summed E-state index contributed by atoms with van der Waals surface area (Å²) in [6, 6.07) is 8.13. The summed E-state index contributed by atoms with van der Waals surface area (Å²) in [5.74, 6) is 0.739. The van der Waals surface area contributed by atoms with Crippen molar-refractivity contribution in [2.75, 3.05) is 18.4 Å². The summed E-state index contributed by atoms with van der Waals surface area (Å²) < 4.78 is 0. The molecule has 18 heavy (non-hydrogen) atoms. The molecule has 1 amide bonds. The zero-order chi connectivity index (χ0) is 13.0. The van der Waals surface area contributed by atoms with Gasteiger partial charge in [0.15, 0.2) is 0 Å². The van der Waals surface area contributed by atoms with Gasteiger partial charge in [-0.25, -0.2) is 0 Å². The predicted molar refractivity (Wildman–Crippen MR) is 74.8 cm³/mol. The summed E-state index contributed by atoms with van der Waals surface area (Å²) in [6.45, 7) is 6.15. The van der Waals surface area contributed by atoms with E-state index in [4.69, 9.17) is 0 Å². The molecule has 1 atom stereocenters. The van der Waals surface area contributed by atoms with Gasteiger partial charge in [-0.3, -0.25) is 4.79 Å². The average molecular weight is 246 g/mol. The van der Waals surface area contributed by atoms with Gasteiger partial charge in [-0.05, 0) is 43.0 Å². The number of hydrogen-bond donors (Lipinski definition) is 2. The highest BCUT2D eigenvalue weighted by atomic mass is 16.1. The maximum Gasteiger partial charge on any atom is 0.228 e. The fraction of sp³-hybridized carbons (Fsp3) is 0.533. The highest BCUT2D eigenvalue weighted by molar-refractivity contribution is 5.92. The summed E-state index contributed by atoms with van der Waals surface area (Å²) in [4.78, 5) is 12.1. The molecule has 1 aliphatic rings. The summed E-state index contributed by atoms with van der Waals surface area (Å²) in [7, 11) is 0. The van der Waals surface area contributed by atoms with Crippen LogP contribution in [0.25, 0.3) is 0 Å². The number of rotatable bonds is 3. The molecular formula is C15H22N2O. The number of anilines is 1. The SMILES string of the molecule is CC(C)c1cccc(NC(=O)C2CCCNC2)c1. The van der Waals surface area contributed by atoms with Crippen molar-refractivity contribution in [1.82, 2.24) is 5.32 Å². The minimum absolute atomic E-state index is 0.112. The Morgan fingerprint density at radius 2 is 2.28 bits per heavy atom. The quantitative estimate of drug-likeness (QED) is 0.861. The molecule has 3 nitrogen and oxygen atoms in total. The molecule has 0 aliphatic carbocycles. The summed E-state index contributed by atoms with van der Waals surface area (Å²) in [6.07, 6.45) is 2.08. The lowest BCUT2D eigenvalue weighted by atomic mass is 9.98. The molecule has 1 aromatic rings. The van der Waals surface area contributed by atoms with Gasteiger partial charge in [0.05, 0.1) is 5.92 Å². The van der Waals surface area contributed by atoms with Gasteiger partial charge >= 0.3 is 0 Å². The van der Waals surface area contributed by atoms with Crippen molar-refractivity contribution in [3.05, 3.63) is 29.8 Å². The van der Waals surface area contributed by atoms with Crippen LogP contribution in [0.3, 0.4) is 0 Å². The third-order valence-electron chi connectivity index (χ3n) is 3.49. The lowest BCUT2D eigenvalue weighted by Crippen LogP contribution is -2.37. The second-order valence-electron chi connectivity index (χ2n) is 5.31. The Labute approximate surface area is 109 Å². The summed E-state index contributed by atoms with van der Waals surface area (Å²) >= 11 is 0. The van der Waals surface area contributed by atoms with E-state index in [1.165, 1.54) is 5.56 Å². The van der Waals surface area contributed by atoms with Crippen molar-refractivity contribution in [2.45, 2.75) is 32.6 Å². The molecule has 1 aliphatic heterocycles. The van der Waals surface area contributed by atoms with Gasteiger partial charge in [-0.2, -0.15) is 0 Å². The molecule has 1 unspecified atom stereocenters. The topological polar surface area (TPSA) is 41.1 Å². The van der Waals surface area contributed by atoms with Crippen LogP contribution in [-0.4, -0.2) is 19.0 Å². The van der Waals surface area contributed by atoms with Gasteiger partial charge < -0.3 is 10.6 Å². The van der Waals surface area contributed by atoms with Gasteiger partial charge in [-0.1, -0.05) is 26.0 Å². The average Bonchev–Trinajstić information content (AvgIpc) is 2.40. The first-order valence-corrected chi connectivity index (χ1v) is 6.78. The maximum absolute atomic E-state index is 12.1. The number of carbonyl (C=O) groups excluding carboxylic acids is 1. The first-order valence-electron chi connectivity index (χ1n) is 6.78. The number of amides is 1. The van der Waals surface area contributed by atoms with Crippen LogP contribution in [0.1, 0.15) is 38.2 Å². The van der Waals surface area contributed by atoms with Crippen molar-refractivity contribution >= 4 is 11.6 Å². The van der Waals surface area contributed by atoms with Crippen LogP contribution < -0.4 is 10.6 Å². The highest BCUT2D eigenvalue weighted by Gasteiger charge is 2.20. The Balaban J connectivity index is 1.99. The fourth-order valence-corrected chi connectivity index (χ4v) is 2.30. The standard InChI is InChI=1S/C15H22N2O/c1-11(2)12-5-3-7-14(9-12)17-15(18)13-6-4-8-16-10-13/h3,5,7,9,11,13,16H,4,6,8,10H2,1-2H3,(H,17,18). The Morgan fingerprint density at radius 3 is 2.94 bits per heavy atom. The van der Waals surface area contributed by atoms with E-state index in [1.54, 1.807) is 0 Å². The van der Waals surface area contributed by atoms with Crippen LogP contribution in [0.2, 0.25) is 0 Å². The van der Waals surface area contributed by atoms with Crippen LogP contribution in [-0.2, 0) is 4.79 Å². The Hall–Kier alpha value is -1.35. The van der Waals surface area contributed by atoms with E-state index >= 15 is 0 Å². The molecule has 3 heteroatoms. The number of hydrogen-bond acceptors (Lipinski definition) is 2. The van der Waals surface area contributed by atoms with Crippen molar-refractivity contribution in [2.24, 2.45) is 5.92 Å². The third kappa shape index (κ3) is 3.33. The Kier molecular flexibility index (Phi) is 4.37. The second-order valence-corrected chi connectivity index (χ2v) is 5.31. The van der Waals surface area contributed by atoms with Crippen LogP contribution in [0.15, 0.2) is 24.3 Å². The van der Waals surface area contributed by atoms with E-state index in [0.717, 1.165) is 31.6 Å². The van der Waals surface area contributed by atoms with Gasteiger partial charge in [0.2, 0.25) is 5.91 Å². The van der Waals surface area contributed by atoms with E-state index < -0.39 is 0 Å². The Morgan fingerprint density at radius 1 is 1.44 bits per heavy atom. The normalized spacial score (nSPS) is 19.8. The number of benzene rings is 1. The van der Waals surface area contributed by atoms with Crippen molar-refractivity contribution in [3.8, 4) is 0 Å². The minimum atomic E-state index is 0.112. The third-order valence-corrected chi connectivity index (χ3v) is 3.49. The van der Waals surface area contributed by atoms with E-state index in [-0.39, 0.29) is 11.8 Å². The lowest BCUT2D eigenvalue weighted by molar-refractivity contribution is -0.120. The molecule has 1 fully saturated rings. The fourth-order valence-electron chi connectivity index (χ4n) is 2.30. The molecule has 1 saturated heterocycles. The van der Waals surface area contributed by atoms with Crippen LogP contribution in [0, 0.1) is 5.92 Å². The van der Waals surface area contributed by atoms with E-state index in [1.807, 2.05) is 12.1 Å². The first-order chi connectivity index (χ1) is 8.66. The Bertz CT molecular complexity index is 409. The number of carbonyl (C=O) groups is 1. The molecule has 1 aromatic carbocycles. The van der Waals surface area contributed by atoms with E-state index in [0.29, 0.717) is 5.92 Å². The highest BCUT2D eigenvalue weighted by Crippen LogP contribution is 2.20. The maximum atomic E-state index is 12.1. The molecular weight excluding hydrogens is 224 g/mol. The molecule has 1 heterocycles. The van der Waals surface area contributed by atoms with Crippen LogP contribution in [0.4, 0.5) is 5.69 Å². The monoisotopic (exact) mass is 246 g/mol. The minimum Gasteiger partial charge on any atom is -0.326 e. The molecule has 0 spiro atoms. The largest absolute Gasteiger partial charge is 0.326 e. The number of piperidine rings is 1. The van der Waals surface area contributed by atoms with Gasteiger partial charge in [-0.15, -0.1) is 0 Å². The molecule has 98 valence electrons. The zero-order valence-corrected chi connectivity index (χ0v) is 11.2. The predicted octanol–water partition coefficient (Wildman–Crippen LogP) is 2.75. The second kappa shape index (κ2) is 6.01. The molecule has 0 aromatic heterocycles. The zero-order valence-electron chi connectivity index (χ0n) is 11.2. The lowest BCUT2D eigenvalue weighted by Gasteiger charge is -2.22. The number of nitrogens with one attached hydrogen (secondary N) is 2. The summed E-state index contributed by atoms with van der Waals surface area (Å²) in [5, 5.41) is 6.30. The molecule has 0 saturated carbocycles. The van der Waals surface area contributed by atoms with Crippen LogP contribution >= 0.6 is 0 Å². The molecule has 2 rings (SSSR count). The van der Waals surface area contributed by atoms with E-state index in [9.17, 15) is 4.79 Å². The molecule has 2 N–H and O–H groups in total. The van der Waals surface area contributed by atoms with Gasteiger partial charge in [0.1, 0.15) is 0 Å². The van der Waals surface area contributed by atoms with Crippen molar-refractivity contribution in [1.29, 1.82) is 0 Å². The molecule has 0 bridgehead atoms. The van der Waals surface area contributed by atoms with Crippen LogP contribution in [0.5, 0.6) is 0 Å². The smallest absolute Gasteiger partial charge is 0.228 e. The first kappa shape index (κ1) is 13.1. The van der Waals surface area contributed by atoms with Crippen molar-refractivity contribution in [3.63, 3.8) is 0 Å². The molecule has 0 radical (unpaired) electrons. The summed E-state index contributed by atoms with van der Waals surface area (Å²) in [5.41, 5.74) is 2.17. The van der Waals surface area contributed by atoms with Crippen molar-refractivity contribution < 1.29 is 4.79 Å².